The fourth-order valence-corrected chi connectivity index (χ4v) is 8.49. The highest BCUT2D eigenvalue weighted by molar-refractivity contribution is 8.01. The molecule has 3 spiro atoms. The van der Waals surface area contributed by atoms with Crippen molar-refractivity contribution in [3.05, 3.63) is 0 Å². The Morgan fingerprint density at radius 3 is 2.57 bits per heavy atom. The maximum Gasteiger partial charge on any atom is 0.333 e. The van der Waals surface area contributed by atoms with Crippen molar-refractivity contribution in [2.45, 2.75) is 68.6 Å². The molecule has 2 saturated heterocycles. The summed E-state index contributed by atoms with van der Waals surface area (Å²) in [5.74, 6) is 0.299. The lowest BCUT2D eigenvalue weighted by molar-refractivity contribution is -0.197. The van der Waals surface area contributed by atoms with Crippen LogP contribution in [0.25, 0.3) is 0 Å². The second-order valence-corrected chi connectivity index (χ2v) is 10.3. The van der Waals surface area contributed by atoms with Crippen molar-refractivity contribution >= 4 is 35.6 Å². The molecule has 3 N–H and O–H groups in total. The Morgan fingerprint density at radius 1 is 1.21 bits per heavy atom. The first kappa shape index (κ1) is 18.3. The van der Waals surface area contributed by atoms with E-state index in [4.69, 9.17) is 10.6 Å². The summed E-state index contributed by atoms with van der Waals surface area (Å²) in [6.07, 6.45) is 6.68. The summed E-state index contributed by atoms with van der Waals surface area (Å²) in [5.41, 5.74) is 5.95. The minimum absolute atomic E-state index is 0.109. The summed E-state index contributed by atoms with van der Waals surface area (Å²) >= 11 is 2.07. The number of nitrogens with zero attached hydrogens (tertiary/aromatic N) is 1. The van der Waals surface area contributed by atoms with E-state index in [9.17, 15) is 19.2 Å². The first-order chi connectivity index (χ1) is 13.3. The summed E-state index contributed by atoms with van der Waals surface area (Å²) in [5, 5.41) is 3.58. The number of hydrogen-bond donors (Lipinski definition) is 2. The Hall–Kier alpha value is -1.77. The van der Waals surface area contributed by atoms with Crippen molar-refractivity contribution in [2.24, 2.45) is 22.5 Å². The van der Waals surface area contributed by atoms with E-state index in [2.05, 4.69) is 17.1 Å². The number of amides is 4. The fraction of sp³-hybridized carbons (Fsp3) is 0.789. The monoisotopic (exact) mass is 407 g/mol. The van der Waals surface area contributed by atoms with Crippen LogP contribution >= 0.6 is 11.8 Å². The number of urea groups is 1. The SMILES string of the molecule is NC(=O)NC1CC12C1(CC1)CS[C@@]21C[C@H]1CCCC(=O)ON1C(=O)CCC1=O. The van der Waals surface area contributed by atoms with E-state index in [0.717, 1.165) is 19.3 Å². The molecule has 3 aliphatic carbocycles. The number of rotatable bonds is 6. The Labute approximate surface area is 167 Å². The number of nitrogens with one attached hydrogen (secondary N) is 1. The van der Waals surface area contributed by atoms with Crippen LogP contribution in [0, 0.1) is 16.7 Å². The zero-order chi connectivity index (χ0) is 19.7. The van der Waals surface area contributed by atoms with Crippen molar-refractivity contribution in [2.75, 3.05) is 5.75 Å². The molecule has 28 heavy (non-hydrogen) atoms. The molecule has 0 aromatic heterocycles. The van der Waals surface area contributed by atoms with E-state index in [-0.39, 0.29) is 35.5 Å². The van der Waals surface area contributed by atoms with Crippen LogP contribution in [0.15, 0.2) is 0 Å². The van der Waals surface area contributed by atoms with Gasteiger partial charge >= 0.3 is 12.0 Å². The minimum atomic E-state index is -0.523. The van der Waals surface area contributed by atoms with Crippen LogP contribution in [0.3, 0.4) is 0 Å². The molecule has 0 bridgehead atoms. The average Bonchev–Trinajstić information content (AvgIpc) is 3.52. The number of hydroxylamine groups is 2. The molecule has 0 aromatic rings. The fourth-order valence-electron chi connectivity index (χ4n) is 6.04. The summed E-state index contributed by atoms with van der Waals surface area (Å²) in [6, 6.07) is -0.236. The number of carbonyl (C=O) groups is 4. The third kappa shape index (κ3) is 2.44. The number of nitrogens with two attached hydrogens (primary N) is 1. The average molecular weight is 407 g/mol. The summed E-state index contributed by atoms with van der Waals surface area (Å²) in [6.45, 7) is 0. The molecule has 2 heterocycles. The highest BCUT2D eigenvalue weighted by atomic mass is 32.2. The first-order valence-electron chi connectivity index (χ1n) is 10.1. The molecular weight excluding hydrogens is 382 g/mol. The van der Waals surface area contributed by atoms with E-state index in [1.165, 1.54) is 18.6 Å². The Balaban J connectivity index is 1.15. The number of primary amides is 1. The molecule has 5 aliphatic rings. The highest BCUT2D eigenvalue weighted by Crippen LogP contribution is 2.89. The topological polar surface area (TPSA) is 119 Å². The van der Waals surface area contributed by atoms with Gasteiger partial charge in [-0.15, -0.1) is 5.06 Å². The number of carbonyl (C=O) groups excluding carboxylic acids is 4. The van der Waals surface area contributed by atoms with E-state index in [0.29, 0.717) is 22.8 Å². The van der Waals surface area contributed by atoms with E-state index in [1.54, 1.807) is 0 Å². The molecule has 0 radical (unpaired) electrons. The van der Waals surface area contributed by atoms with Crippen LogP contribution in [0.2, 0.25) is 0 Å². The zero-order valence-electron chi connectivity index (χ0n) is 15.7. The summed E-state index contributed by atoms with van der Waals surface area (Å²) in [7, 11) is 0. The molecule has 0 aromatic carbocycles. The van der Waals surface area contributed by atoms with E-state index in [1.807, 2.05) is 0 Å². The lowest BCUT2D eigenvalue weighted by Crippen LogP contribution is -2.39. The molecule has 5 fully saturated rings. The maximum atomic E-state index is 12.0. The zero-order valence-corrected chi connectivity index (χ0v) is 16.5. The van der Waals surface area contributed by atoms with Gasteiger partial charge in [-0.25, -0.2) is 9.59 Å². The third-order valence-electron chi connectivity index (χ3n) is 7.62. The van der Waals surface area contributed by atoms with Gasteiger partial charge in [0, 0.05) is 41.2 Å². The van der Waals surface area contributed by atoms with Gasteiger partial charge in [0.2, 0.25) is 0 Å². The molecule has 2 aliphatic heterocycles. The second-order valence-electron chi connectivity index (χ2n) is 9.03. The van der Waals surface area contributed by atoms with Crippen LogP contribution in [-0.4, -0.2) is 45.4 Å². The van der Waals surface area contributed by atoms with Crippen LogP contribution in [0.1, 0.15) is 57.8 Å². The smallest absolute Gasteiger partial charge is 0.333 e. The van der Waals surface area contributed by atoms with E-state index >= 15 is 0 Å². The lowest BCUT2D eigenvalue weighted by atomic mass is 9.80. The highest BCUT2D eigenvalue weighted by Gasteiger charge is 2.87. The molecule has 8 nitrogen and oxygen atoms in total. The minimum Gasteiger partial charge on any atom is -0.352 e. The largest absolute Gasteiger partial charge is 0.352 e. The van der Waals surface area contributed by atoms with Gasteiger partial charge in [0.15, 0.2) is 0 Å². The van der Waals surface area contributed by atoms with Gasteiger partial charge in [0.05, 0.1) is 0 Å². The number of fused-ring (bicyclic) bond motifs is 2. The standard InChI is InChI=1S/C19H25N3O5S/c20-16(26)21-12-9-18(12)17(6-7-17)10-28-19(18)8-11(19)2-1-3-15(25)27-22-13(23)4-5-14(22)24/h11-12H,1-10H2,(H3,20,21,26)/t11-,12?,18?,19-/m1/s1. The van der Waals surface area contributed by atoms with Crippen molar-refractivity contribution in [1.82, 2.24) is 10.4 Å². The van der Waals surface area contributed by atoms with Crippen molar-refractivity contribution < 1.29 is 24.0 Å². The van der Waals surface area contributed by atoms with Gasteiger partial charge in [0.1, 0.15) is 0 Å². The first-order valence-corrected chi connectivity index (χ1v) is 11.1. The van der Waals surface area contributed by atoms with Gasteiger partial charge < -0.3 is 15.9 Å². The predicted molar refractivity (Wildman–Crippen MR) is 99.6 cm³/mol. The maximum absolute atomic E-state index is 12.0. The number of imide groups is 1. The van der Waals surface area contributed by atoms with Crippen molar-refractivity contribution in [3.8, 4) is 0 Å². The summed E-state index contributed by atoms with van der Waals surface area (Å²) < 4.78 is 0.224. The molecule has 152 valence electrons. The van der Waals surface area contributed by atoms with E-state index < -0.39 is 23.8 Å². The van der Waals surface area contributed by atoms with Gasteiger partial charge in [-0.3, -0.25) is 9.59 Å². The molecule has 2 unspecified atom stereocenters. The summed E-state index contributed by atoms with van der Waals surface area (Å²) in [4.78, 5) is 51.3. The molecule has 3 saturated carbocycles. The van der Waals surface area contributed by atoms with Crippen molar-refractivity contribution in [1.29, 1.82) is 0 Å². The van der Waals surface area contributed by atoms with Crippen LogP contribution in [0.4, 0.5) is 4.79 Å². The quantitative estimate of drug-likeness (QED) is 0.644. The van der Waals surface area contributed by atoms with Crippen molar-refractivity contribution in [3.63, 3.8) is 0 Å². The normalized spacial score (nSPS) is 39.1. The van der Waals surface area contributed by atoms with Crippen LogP contribution in [0.5, 0.6) is 0 Å². The predicted octanol–water partition coefficient (Wildman–Crippen LogP) is 1.48. The van der Waals surface area contributed by atoms with Crippen LogP contribution < -0.4 is 11.1 Å². The number of thioether (sulfide) groups is 1. The van der Waals surface area contributed by atoms with Gasteiger partial charge in [-0.05, 0) is 49.9 Å². The molecule has 9 heteroatoms. The Kier molecular flexibility index (Phi) is 3.83. The van der Waals surface area contributed by atoms with Gasteiger partial charge in [0.25, 0.3) is 11.8 Å². The molecule has 5 rings (SSSR count). The molecule has 4 amide bonds. The van der Waals surface area contributed by atoms with Gasteiger partial charge in [-0.2, -0.15) is 11.8 Å². The molecular formula is C19H25N3O5S. The second kappa shape index (κ2) is 5.87. The lowest BCUT2D eigenvalue weighted by Gasteiger charge is -2.26. The van der Waals surface area contributed by atoms with Gasteiger partial charge in [-0.1, -0.05) is 0 Å². The Bertz CT molecular complexity index is 768. The Morgan fingerprint density at radius 2 is 1.93 bits per heavy atom. The van der Waals surface area contributed by atoms with Crippen LogP contribution in [-0.2, 0) is 19.2 Å². The number of hydrogen-bond acceptors (Lipinski definition) is 6. The molecule has 4 atom stereocenters. The third-order valence-corrected chi connectivity index (χ3v) is 9.70.